The highest BCUT2D eigenvalue weighted by Gasteiger charge is 2.19. The van der Waals surface area contributed by atoms with E-state index < -0.39 is 12.5 Å². The number of nitrogens with zero attached hydrogens (tertiary/aromatic N) is 5. The summed E-state index contributed by atoms with van der Waals surface area (Å²) in [4.78, 5) is 32.6. The average molecular weight is 528 g/mol. The molecule has 200 valence electrons. The number of amides is 1. The van der Waals surface area contributed by atoms with Crippen LogP contribution in [0.5, 0.6) is 5.75 Å². The van der Waals surface area contributed by atoms with Crippen LogP contribution in [0.25, 0.3) is 33.8 Å². The van der Waals surface area contributed by atoms with Gasteiger partial charge in [0.15, 0.2) is 11.3 Å². The van der Waals surface area contributed by atoms with Crippen molar-refractivity contribution in [1.29, 1.82) is 0 Å². The van der Waals surface area contributed by atoms with Gasteiger partial charge in [0.1, 0.15) is 24.0 Å². The Balaban J connectivity index is 1.66. The lowest BCUT2D eigenvalue weighted by molar-refractivity contribution is -0.118. The largest absolute Gasteiger partial charge is 0.493 e. The molecule has 0 aliphatic carbocycles. The fourth-order valence-electron chi connectivity index (χ4n) is 4.46. The van der Waals surface area contributed by atoms with Crippen LogP contribution in [0.1, 0.15) is 31.8 Å². The Morgan fingerprint density at radius 1 is 1.10 bits per heavy atom. The monoisotopic (exact) mass is 527 g/mol. The molecular weight excluding hydrogens is 498 g/mol. The summed E-state index contributed by atoms with van der Waals surface area (Å²) in [5.74, 6) is 1.45. The number of hydrogen-bond acceptors (Lipinski definition) is 7. The summed E-state index contributed by atoms with van der Waals surface area (Å²) in [5.41, 5.74) is 3.34. The van der Waals surface area contributed by atoms with Gasteiger partial charge in [-0.3, -0.25) is 9.59 Å². The molecule has 5 aromatic rings. The molecular formula is C28H29N7O4. The maximum atomic E-state index is 13.1. The molecule has 3 N–H and O–H groups in total. The van der Waals surface area contributed by atoms with E-state index in [0.29, 0.717) is 58.5 Å². The average Bonchev–Trinajstić information content (AvgIpc) is 3.50. The van der Waals surface area contributed by atoms with Gasteiger partial charge < -0.3 is 20.1 Å². The molecule has 11 heteroatoms. The molecule has 0 atom stereocenters. The Hall–Kier alpha value is -4.77. The normalized spacial score (nSPS) is 11.2. The van der Waals surface area contributed by atoms with E-state index in [2.05, 4.69) is 15.3 Å². The summed E-state index contributed by atoms with van der Waals surface area (Å²) in [6.45, 7) is 5.50. The number of aliphatic hydroxyl groups excluding tert-OH is 1. The minimum absolute atomic E-state index is 0.289. The third-order valence-electron chi connectivity index (χ3n) is 6.17. The van der Waals surface area contributed by atoms with Crippen molar-refractivity contribution in [3.63, 3.8) is 0 Å². The van der Waals surface area contributed by atoms with Gasteiger partial charge in [-0.15, -0.1) is 5.10 Å². The number of benzene rings is 2. The quantitative estimate of drug-likeness (QED) is 0.266. The highest BCUT2D eigenvalue weighted by molar-refractivity contribution is 5.91. The number of hydrogen-bond donors (Lipinski definition) is 3. The molecule has 0 aliphatic heterocycles. The molecule has 0 saturated heterocycles. The Morgan fingerprint density at radius 2 is 1.90 bits per heavy atom. The number of ether oxygens (including phenoxy) is 1. The number of aromatic nitrogens is 6. The summed E-state index contributed by atoms with van der Waals surface area (Å²) >= 11 is 0. The van der Waals surface area contributed by atoms with Gasteiger partial charge in [-0.1, -0.05) is 25.1 Å². The molecule has 0 radical (unpaired) electrons. The highest BCUT2D eigenvalue weighted by Crippen LogP contribution is 2.33. The summed E-state index contributed by atoms with van der Waals surface area (Å²) in [5, 5.41) is 21.5. The van der Waals surface area contributed by atoms with E-state index in [1.807, 2.05) is 56.3 Å². The minimum Gasteiger partial charge on any atom is -0.493 e. The number of nitrogens with one attached hydrogen (secondary N) is 2. The first kappa shape index (κ1) is 25.9. The molecule has 0 fully saturated rings. The molecule has 5 rings (SSSR count). The van der Waals surface area contributed by atoms with Gasteiger partial charge >= 0.3 is 0 Å². The number of imidazole rings is 1. The predicted molar refractivity (Wildman–Crippen MR) is 147 cm³/mol. The van der Waals surface area contributed by atoms with Gasteiger partial charge in [0, 0.05) is 18.1 Å². The van der Waals surface area contributed by atoms with E-state index in [1.165, 1.54) is 0 Å². The number of aryl methyl sites for hydroxylation is 2. The zero-order valence-electron chi connectivity index (χ0n) is 21.9. The molecule has 39 heavy (non-hydrogen) atoms. The van der Waals surface area contributed by atoms with E-state index in [1.54, 1.807) is 28.3 Å². The standard InChI is InChI=1S/C28H29N7O4/c1-4-9-23-29-17(3)26-28(38)31-27(33-35(23)26)20-14-18(12-13-22(20)39-5-2)21-15-24(30-25(37)16-36)34(32-21)19-10-7-6-8-11-19/h6-8,10-15,36H,4-5,9,16H2,1-3H3,(H,30,37)(H,31,33,38). The molecule has 0 spiro atoms. The van der Waals surface area contributed by atoms with E-state index in [4.69, 9.17) is 14.9 Å². The highest BCUT2D eigenvalue weighted by atomic mass is 16.5. The zero-order chi connectivity index (χ0) is 27.5. The smallest absolute Gasteiger partial charge is 0.277 e. The van der Waals surface area contributed by atoms with Crippen molar-refractivity contribution in [2.75, 3.05) is 18.5 Å². The SMILES string of the molecule is CCCc1nc(C)c2c(=O)[nH]c(-c3cc(-c4cc(NC(=O)CO)n(-c5ccccc5)n4)ccc3OCC)nn12. The molecule has 0 unspecified atom stereocenters. The summed E-state index contributed by atoms with van der Waals surface area (Å²) in [6, 6.07) is 16.6. The van der Waals surface area contributed by atoms with Crippen molar-refractivity contribution in [2.45, 2.75) is 33.6 Å². The lowest BCUT2D eigenvalue weighted by Crippen LogP contribution is -2.17. The van der Waals surface area contributed by atoms with Crippen LogP contribution in [0.3, 0.4) is 0 Å². The van der Waals surface area contributed by atoms with Crippen LogP contribution in [0.15, 0.2) is 59.4 Å². The molecule has 0 aliphatic rings. The third-order valence-corrected chi connectivity index (χ3v) is 6.17. The summed E-state index contributed by atoms with van der Waals surface area (Å²) in [6.07, 6.45) is 1.55. The second-order valence-electron chi connectivity index (χ2n) is 8.94. The summed E-state index contributed by atoms with van der Waals surface area (Å²) < 4.78 is 9.09. The number of carbonyl (C=O) groups excluding carboxylic acids is 1. The molecule has 0 saturated carbocycles. The Labute approximate surface area is 224 Å². The van der Waals surface area contributed by atoms with E-state index >= 15 is 0 Å². The van der Waals surface area contributed by atoms with Gasteiger partial charge in [-0.2, -0.15) is 5.10 Å². The number of H-pyrrole nitrogens is 1. The topological polar surface area (TPSA) is 139 Å². The lowest BCUT2D eigenvalue weighted by Gasteiger charge is -2.12. The number of para-hydroxylation sites is 1. The molecule has 2 aromatic carbocycles. The van der Waals surface area contributed by atoms with Crippen LogP contribution in [-0.2, 0) is 11.2 Å². The van der Waals surface area contributed by atoms with Crippen LogP contribution in [0.2, 0.25) is 0 Å². The first-order valence-corrected chi connectivity index (χ1v) is 12.8. The van der Waals surface area contributed by atoms with Crippen LogP contribution in [0, 0.1) is 6.92 Å². The van der Waals surface area contributed by atoms with Crippen LogP contribution < -0.4 is 15.6 Å². The Kier molecular flexibility index (Phi) is 7.24. The molecule has 1 amide bonds. The maximum Gasteiger partial charge on any atom is 0.277 e. The van der Waals surface area contributed by atoms with Crippen LogP contribution in [0.4, 0.5) is 5.82 Å². The summed E-state index contributed by atoms with van der Waals surface area (Å²) in [7, 11) is 0. The number of fused-ring (bicyclic) bond motifs is 1. The minimum atomic E-state index is -0.655. The van der Waals surface area contributed by atoms with Crippen molar-refractivity contribution >= 4 is 17.2 Å². The fourth-order valence-corrected chi connectivity index (χ4v) is 4.46. The second-order valence-corrected chi connectivity index (χ2v) is 8.94. The number of anilines is 1. The maximum absolute atomic E-state index is 13.1. The molecule has 11 nitrogen and oxygen atoms in total. The molecule has 3 aromatic heterocycles. The Morgan fingerprint density at radius 3 is 2.62 bits per heavy atom. The lowest BCUT2D eigenvalue weighted by atomic mass is 10.1. The molecule has 0 bridgehead atoms. The van der Waals surface area contributed by atoms with Gasteiger partial charge in [0.2, 0.25) is 0 Å². The first-order chi connectivity index (χ1) is 18.9. The first-order valence-electron chi connectivity index (χ1n) is 12.8. The van der Waals surface area contributed by atoms with Crippen LogP contribution in [-0.4, -0.2) is 53.6 Å². The van der Waals surface area contributed by atoms with Crippen molar-refractivity contribution in [3.05, 3.63) is 76.5 Å². The second kappa shape index (κ2) is 10.9. The van der Waals surface area contributed by atoms with Gasteiger partial charge in [0.25, 0.3) is 11.5 Å². The number of carbonyl (C=O) groups is 1. The van der Waals surface area contributed by atoms with E-state index in [0.717, 1.165) is 17.9 Å². The third kappa shape index (κ3) is 5.04. The number of aromatic amines is 1. The van der Waals surface area contributed by atoms with Crippen molar-refractivity contribution in [1.82, 2.24) is 29.4 Å². The Bertz CT molecular complexity index is 1700. The van der Waals surface area contributed by atoms with Crippen molar-refractivity contribution in [3.8, 4) is 34.1 Å². The van der Waals surface area contributed by atoms with Gasteiger partial charge in [-0.25, -0.2) is 14.2 Å². The van der Waals surface area contributed by atoms with Crippen molar-refractivity contribution in [2.24, 2.45) is 0 Å². The predicted octanol–water partition coefficient (Wildman–Crippen LogP) is 3.53. The van der Waals surface area contributed by atoms with Gasteiger partial charge in [-0.05, 0) is 50.6 Å². The fraction of sp³-hybridized carbons (Fsp3) is 0.250. The van der Waals surface area contributed by atoms with Gasteiger partial charge in [0.05, 0.1) is 29.2 Å². The molecule has 3 heterocycles. The van der Waals surface area contributed by atoms with E-state index in [-0.39, 0.29) is 5.56 Å². The van der Waals surface area contributed by atoms with Crippen molar-refractivity contribution < 1.29 is 14.6 Å². The number of rotatable bonds is 9. The van der Waals surface area contributed by atoms with Crippen LogP contribution >= 0.6 is 0 Å². The van der Waals surface area contributed by atoms with E-state index in [9.17, 15) is 14.7 Å². The zero-order valence-corrected chi connectivity index (χ0v) is 21.9. The number of aliphatic hydroxyl groups is 1.